The third-order valence-corrected chi connectivity index (χ3v) is 8.08. The van der Waals surface area contributed by atoms with Gasteiger partial charge in [0, 0.05) is 66.5 Å². The molecule has 5 rings (SSSR count). The van der Waals surface area contributed by atoms with Crippen LogP contribution in [0.5, 0.6) is 0 Å². The molecule has 1 saturated heterocycles. The van der Waals surface area contributed by atoms with Gasteiger partial charge in [-0.25, -0.2) is 4.98 Å². The van der Waals surface area contributed by atoms with Gasteiger partial charge in [-0.05, 0) is 99.9 Å². The van der Waals surface area contributed by atoms with E-state index in [0.29, 0.717) is 17.2 Å². The molecule has 0 atom stereocenters. The Morgan fingerprint density at radius 3 is 2.56 bits per heavy atom. The first kappa shape index (κ1) is 27.0. The number of anilines is 2. The number of aromatic nitrogens is 2. The predicted molar refractivity (Wildman–Crippen MR) is 159 cm³/mol. The number of nitrogens with zero attached hydrogens (tertiary/aromatic N) is 3. The van der Waals surface area contributed by atoms with Crippen LogP contribution in [0.1, 0.15) is 79.2 Å². The van der Waals surface area contributed by atoms with Crippen LogP contribution in [0, 0.1) is 6.92 Å². The smallest absolute Gasteiger partial charge is 0.253 e. The Balaban J connectivity index is 1.46. The highest BCUT2D eigenvalue weighted by atomic mass is 16.1. The first-order valence-corrected chi connectivity index (χ1v) is 14.5. The molecule has 7 heteroatoms. The molecule has 7 nitrogen and oxygen atoms in total. The van der Waals surface area contributed by atoms with Gasteiger partial charge in [0.1, 0.15) is 5.82 Å². The Morgan fingerprint density at radius 1 is 1.08 bits per heavy atom. The van der Waals surface area contributed by atoms with Crippen LogP contribution in [0.4, 0.5) is 11.5 Å². The number of benzene rings is 1. The summed E-state index contributed by atoms with van der Waals surface area (Å²) in [5, 5.41) is 3.08. The molecule has 206 valence electrons. The highest BCUT2D eigenvalue weighted by molar-refractivity contribution is 5.99. The predicted octanol–water partition coefficient (Wildman–Crippen LogP) is 5.39. The Morgan fingerprint density at radius 2 is 1.87 bits per heavy atom. The van der Waals surface area contributed by atoms with Gasteiger partial charge in [-0.15, -0.1) is 0 Å². The van der Waals surface area contributed by atoms with Crippen LogP contribution < -0.4 is 20.7 Å². The Labute approximate surface area is 231 Å². The lowest BCUT2D eigenvalue weighted by molar-refractivity contribution is 0.0950. The molecule has 0 spiro atoms. The zero-order chi connectivity index (χ0) is 27.5. The number of aromatic amines is 1. The van der Waals surface area contributed by atoms with Crippen molar-refractivity contribution in [2.45, 2.75) is 78.8 Å². The van der Waals surface area contributed by atoms with E-state index in [2.05, 4.69) is 59.1 Å². The molecule has 2 aromatic heterocycles. The van der Waals surface area contributed by atoms with E-state index in [1.807, 2.05) is 25.3 Å². The molecule has 1 fully saturated rings. The maximum atomic E-state index is 13.7. The van der Waals surface area contributed by atoms with Crippen molar-refractivity contribution in [1.82, 2.24) is 15.3 Å². The average molecular weight is 528 g/mol. The van der Waals surface area contributed by atoms with E-state index >= 15 is 0 Å². The third kappa shape index (κ3) is 5.72. The minimum Gasteiger partial charge on any atom is -0.369 e. The number of amides is 1. The minimum atomic E-state index is -0.140. The number of pyridine rings is 2. The normalized spacial score (nSPS) is 15.1. The van der Waals surface area contributed by atoms with Crippen LogP contribution in [0.3, 0.4) is 0 Å². The van der Waals surface area contributed by atoms with Crippen molar-refractivity contribution >= 4 is 17.4 Å². The number of hydrogen-bond donors (Lipinski definition) is 2. The summed E-state index contributed by atoms with van der Waals surface area (Å²) in [6, 6.07) is 10.8. The lowest BCUT2D eigenvalue weighted by Gasteiger charge is -2.27. The highest BCUT2D eigenvalue weighted by Gasteiger charge is 2.27. The topological polar surface area (TPSA) is 81.3 Å². The van der Waals surface area contributed by atoms with Gasteiger partial charge >= 0.3 is 0 Å². The van der Waals surface area contributed by atoms with Gasteiger partial charge in [0.25, 0.3) is 11.5 Å². The van der Waals surface area contributed by atoms with E-state index in [0.717, 1.165) is 78.3 Å². The number of H-pyrrole nitrogens is 1. The van der Waals surface area contributed by atoms with E-state index in [-0.39, 0.29) is 18.0 Å². The fourth-order valence-electron chi connectivity index (χ4n) is 6.04. The van der Waals surface area contributed by atoms with Crippen LogP contribution in [-0.2, 0) is 19.4 Å². The number of carbonyl (C=O) groups excluding carboxylic acids is 1. The highest BCUT2D eigenvalue weighted by Crippen LogP contribution is 2.37. The van der Waals surface area contributed by atoms with Crippen molar-refractivity contribution in [1.29, 1.82) is 0 Å². The lowest BCUT2D eigenvalue weighted by Crippen LogP contribution is -2.30. The van der Waals surface area contributed by atoms with Gasteiger partial charge in [0.05, 0.1) is 0 Å². The second-order valence-electron chi connectivity index (χ2n) is 11.2. The standard InChI is InChI=1S/C32H41N5O2/c1-5-9-23-16-22(4)35-32(39)28(23)20-34-31(38)27-17-25(18-29-26(27)12-15-37(29)21(2)3)24-10-11-30(33-19-24)36-13-7-6-8-14-36/h10-11,16-19,21H,5-9,12-15,20H2,1-4H3,(H,34,38)(H,35,39). The molecule has 4 heterocycles. The van der Waals surface area contributed by atoms with E-state index in [4.69, 9.17) is 4.98 Å². The fraction of sp³-hybridized carbons (Fsp3) is 0.469. The molecule has 0 radical (unpaired) electrons. The van der Waals surface area contributed by atoms with Crippen LogP contribution >= 0.6 is 0 Å². The van der Waals surface area contributed by atoms with Gasteiger partial charge in [0.2, 0.25) is 0 Å². The molecule has 0 unspecified atom stereocenters. The quantitative estimate of drug-likeness (QED) is 0.411. The van der Waals surface area contributed by atoms with Crippen molar-refractivity contribution in [3.8, 4) is 11.1 Å². The zero-order valence-electron chi connectivity index (χ0n) is 23.8. The van der Waals surface area contributed by atoms with Gasteiger partial charge in [0.15, 0.2) is 0 Å². The first-order valence-electron chi connectivity index (χ1n) is 14.5. The van der Waals surface area contributed by atoms with Crippen molar-refractivity contribution in [3.63, 3.8) is 0 Å². The second-order valence-corrected chi connectivity index (χ2v) is 11.2. The van der Waals surface area contributed by atoms with E-state index in [1.54, 1.807) is 0 Å². The number of piperidine rings is 1. The number of fused-ring (bicyclic) bond motifs is 1. The third-order valence-electron chi connectivity index (χ3n) is 8.08. The van der Waals surface area contributed by atoms with Crippen LogP contribution in [0.2, 0.25) is 0 Å². The molecule has 0 saturated carbocycles. The molecule has 1 amide bonds. The summed E-state index contributed by atoms with van der Waals surface area (Å²) in [6.07, 6.45) is 8.23. The molecule has 2 N–H and O–H groups in total. The molecule has 39 heavy (non-hydrogen) atoms. The summed E-state index contributed by atoms with van der Waals surface area (Å²) in [6.45, 7) is 11.6. The van der Waals surface area contributed by atoms with Crippen molar-refractivity contribution in [3.05, 3.63) is 74.8 Å². The van der Waals surface area contributed by atoms with Crippen molar-refractivity contribution in [2.24, 2.45) is 0 Å². The maximum absolute atomic E-state index is 13.7. The lowest BCUT2D eigenvalue weighted by atomic mass is 9.97. The number of rotatable bonds is 8. The molecule has 1 aromatic carbocycles. The van der Waals surface area contributed by atoms with Crippen LogP contribution in [0.15, 0.2) is 41.3 Å². The summed E-state index contributed by atoms with van der Waals surface area (Å²) in [5.74, 6) is 0.881. The molecule has 2 aliphatic rings. The fourth-order valence-corrected chi connectivity index (χ4v) is 6.04. The van der Waals surface area contributed by atoms with E-state index < -0.39 is 0 Å². The van der Waals surface area contributed by atoms with Gasteiger partial charge in [-0.3, -0.25) is 9.59 Å². The van der Waals surface area contributed by atoms with Crippen LogP contribution in [0.25, 0.3) is 11.1 Å². The summed E-state index contributed by atoms with van der Waals surface area (Å²) < 4.78 is 0. The zero-order valence-corrected chi connectivity index (χ0v) is 23.8. The summed E-state index contributed by atoms with van der Waals surface area (Å²) in [4.78, 5) is 38.8. The maximum Gasteiger partial charge on any atom is 0.253 e. The monoisotopic (exact) mass is 527 g/mol. The summed E-state index contributed by atoms with van der Waals surface area (Å²) >= 11 is 0. The molecule has 0 aliphatic carbocycles. The van der Waals surface area contributed by atoms with E-state index in [1.165, 1.54) is 19.3 Å². The van der Waals surface area contributed by atoms with Gasteiger partial charge in [-0.2, -0.15) is 0 Å². The Hall–Kier alpha value is -3.61. The first-order chi connectivity index (χ1) is 18.9. The molecular weight excluding hydrogens is 486 g/mol. The van der Waals surface area contributed by atoms with Crippen LogP contribution in [-0.4, -0.2) is 41.6 Å². The molecule has 2 aliphatic heterocycles. The van der Waals surface area contributed by atoms with Gasteiger partial charge in [-0.1, -0.05) is 13.3 Å². The van der Waals surface area contributed by atoms with Crippen molar-refractivity contribution < 1.29 is 4.79 Å². The summed E-state index contributed by atoms with van der Waals surface area (Å²) in [5.41, 5.74) is 7.25. The minimum absolute atomic E-state index is 0.122. The number of aryl methyl sites for hydroxylation is 2. The van der Waals surface area contributed by atoms with Crippen molar-refractivity contribution in [2.75, 3.05) is 29.4 Å². The molecular formula is C32H41N5O2. The van der Waals surface area contributed by atoms with Gasteiger partial charge < -0.3 is 20.1 Å². The molecule has 0 bridgehead atoms. The average Bonchev–Trinajstić information content (AvgIpc) is 3.37. The second kappa shape index (κ2) is 11.6. The van der Waals surface area contributed by atoms with E-state index in [9.17, 15) is 9.59 Å². The molecule has 3 aromatic rings. The number of hydrogen-bond acceptors (Lipinski definition) is 5. The Kier molecular flexibility index (Phi) is 8.05. The largest absolute Gasteiger partial charge is 0.369 e. The Bertz CT molecular complexity index is 1390. The summed E-state index contributed by atoms with van der Waals surface area (Å²) in [7, 11) is 0. The number of nitrogens with one attached hydrogen (secondary N) is 2. The SMILES string of the molecule is CCCc1cc(C)[nH]c(=O)c1CNC(=O)c1cc(-c2ccc(N3CCCCC3)nc2)cc2c1CCN2C(C)C. The number of carbonyl (C=O) groups is 1.